The molecule has 2 amide bonds. The van der Waals surface area contributed by atoms with Crippen molar-refractivity contribution in [3.63, 3.8) is 0 Å². The Bertz CT molecular complexity index is 1040. The van der Waals surface area contributed by atoms with Crippen molar-refractivity contribution in [3.05, 3.63) is 79.9 Å². The summed E-state index contributed by atoms with van der Waals surface area (Å²) in [5.74, 6) is -0.248. The van der Waals surface area contributed by atoms with E-state index in [1.165, 1.54) is 28.3 Å². The molecular weight excluding hydrogens is 431 g/mol. The van der Waals surface area contributed by atoms with Crippen LogP contribution in [0.15, 0.2) is 53.2 Å². The van der Waals surface area contributed by atoms with Crippen molar-refractivity contribution in [2.75, 3.05) is 19.6 Å². The van der Waals surface area contributed by atoms with Crippen molar-refractivity contribution in [2.24, 2.45) is 5.92 Å². The van der Waals surface area contributed by atoms with Crippen molar-refractivity contribution in [2.45, 2.75) is 26.3 Å². The van der Waals surface area contributed by atoms with Crippen LogP contribution in [0.25, 0.3) is 0 Å². The van der Waals surface area contributed by atoms with Crippen molar-refractivity contribution in [3.8, 4) is 0 Å². The predicted octanol–water partition coefficient (Wildman–Crippen LogP) is 5.22. The number of carbonyl (C=O) groups is 2. The fraction of sp³-hybridized carbons (Fsp3) is 0.333. The molecule has 3 heterocycles. The highest BCUT2D eigenvalue weighted by atomic mass is 32.1. The van der Waals surface area contributed by atoms with Gasteiger partial charge in [0, 0.05) is 18.0 Å². The van der Waals surface area contributed by atoms with Crippen molar-refractivity contribution in [1.29, 1.82) is 0 Å². The molecule has 1 atom stereocenters. The monoisotopic (exact) mass is 456 g/mol. The fourth-order valence-corrected chi connectivity index (χ4v) is 5.65. The van der Waals surface area contributed by atoms with Gasteiger partial charge in [-0.25, -0.2) is 4.39 Å². The van der Waals surface area contributed by atoms with E-state index in [0.717, 1.165) is 17.5 Å². The normalized spacial score (nSPS) is 15.7. The number of nitrogens with zero attached hydrogens (tertiary/aromatic N) is 2. The van der Waals surface area contributed by atoms with Gasteiger partial charge in [-0.05, 0) is 58.5 Å². The van der Waals surface area contributed by atoms with Crippen LogP contribution in [0.5, 0.6) is 0 Å². The van der Waals surface area contributed by atoms with Gasteiger partial charge in [-0.1, -0.05) is 32.0 Å². The standard InChI is InChI=1S/C24H25FN2O2S2/c1-16(2)14-26(24(29)21-4-3-12-30-21)15-22(28)27-11-9-20-19(10-13-31-20)23(27)17-5-7-18(25)8-6-17/h3-8,10,12-13,16,23H,9,11,14-15H2,1-2H3. The van der Waals surface area contributed by atoms with Gasteiger partial charge >= 0.3 is 0 Å². The van der Waals surface area contributed by atoms with E-state index in [1.807, 2.05) is 35.6 Å². The Morgan fingerprint density at radius 2 is 1.90 bits per heavy atom. The molecule has 0 radical (unpaired) electrons. The number of rotatable bonds is 6. The highest BCUT2D eigenvalue weighted by molar-refractivity contribution is 7.12. The zero-order valence-electron chi connectivity index (χ0n) is 17.6. The minimum Gasteiger partial charge on any atom is -0.330 e. The molecule has 1 aliphatic heterocycles. The lowest BCUT2D eigenvalue weighted by atomic mass is 9.93. The third-order valence-corrected chi connectivity index (χ3v) is 7.26. The molecule has 4 nitrogen and oxygen atoms in total. The first-order valence-electron chi connectivity index (χ1n) is 10.4. The second-order valence-electron chi connectivity index (χ2n) is 8.15. The van der Waals surface area contributed by atoms with Gasteiger partial charge in [-0.15, -0.1) is 22.7 Å². The maximum absolute atomic E-state index is 13.5. The molecule has 31 heavy (non-hydrogen) atoms. The average molecular weight is 457 g/mol. The molecule has 1 unspecified atom stereocenters. The minimum absolute atomic E-state index is 0.0338. The highest BCUT2D eigenvalue weighted by Crippen LogP contribution is 2.38. The average Bonchev–Trinajstić information content (AvgIpc) is 3.44. The van der Waals surface area contributed by atoms with Gasteiger partial charge in [0.05, 0.1) is 10.9 Å². The van der Waals surface area contributed by atoms with Gasteiger partial charge in [-0.3, -0.25) is 9.59 Å². The number of amides is 2. The molecule has 0 aliphatic carbocycles. The molecule has 2 aromatic heterocycles. The number of hydrogen-bond donors (Lipinski definition) is 0. The maximum Gasteiger partial charge on any atom is 0.264 e. The molecule has 4 rings (SSSR count). The summed E-state index contributed by atoms with van der Waals surface area (Å²) in [6, 6.07) is 11.8. The summed E-state index contributed by atoms with van der Waals surface area (Å²) in [6.07, 6.45) is 0.791. The predicted molar refractivity (Wildman–Crippen MR) is 123 cm³/mol. The van der Waals surface area contributed by atoms with Gasteiger partial charge < -0.3 is 9.80 Å². The van der Waals surface area contributed by atoms with Crippen molar-refractivity contribution < 1.29 is 14.0 Å². The van der Waals surface area contributed by atoms with E-state index in [9.17, 15) is 14.0 Å². The molecule has 0 N–H and O–H groups in total. The maximum atomic E-state index is 13.5. The minimum atomic E-state index is -0.298. The third-order valence-electron chi connectivity index (χ3n) is 5.40. The van der Waals surface area contributed by atoms with E-state index in [0.29, 0.717) is 18.0 Å². The van der Waals surface area contributed by atoms with Crippen LogP contribution in [0.4, 0.5) is 4.39 Å². The number of carbonyl (C=O) groups excluding carboxylic acids is 2. The first kappa shape index (κ1) is 21.7. The van der Waals surface area contributed by atoms with Crippen LogP contribution >= 0.6 is 22.7 Å². The molecule has 0 spiro atoms. The molecule has 162 valence electrons. The van der Waals surface area contributed by atoms with Crippen LogP contribution in [-0.2, 0) is 11.2 Å². The molecule has 1 aromatic carbocycles. The largest absolute Gasteiger partial charge is 0.330 e. The second-order valence-corrected chi connectivity index (χ2v) is 10.1. The molecule has 1 aliphatic rings. The van der Waals surface area contributed by atoms with E-state index < -0.39 is 0 Å². The topological polar surface area (TPSA) is 40.6 Å². The Hall–Kier alpha value is -2.51. The Labute approximate surface area is 189 Å². The number of benzene rings is 1. The number of halogens is 1. The molecule has 0 saturated heterocycles. The summed E-state index contributed by atoms with van der Waals surface area (Å²) in [4.78, 5) is 31.9. The fourth-order valence-electron chi connectivity index (χ4n) is 4.06. The Morgan fingerprint density at radius 1 is 1.13 bits per heavy atom. The number of fused-ring (bicyclic) bond motifs is 1. The van der Waals surface area contributed by atoms with E-state index in [2.05, 4.69) is 6.07 Å². The van der Waals surface area contributed by atoms with E-state index in [-0.39, 0.29) is 36.1 Å². The van der Waals surface area contributed by atoms with Crippen LogP contribution in [0.1, 0.15) is 45.6 Å². The zero-order chi connectivity index (χ0) is 22.0. The SMILES string of the molecule is CC(C)CN(CC(=O)N1CCc2sccc2C1c1ccc(F)cc1)C(=O)c1cccs1. The van der Waals surface area contributed by atoms with Gasteiger partial charge in [-0.2, -0.15) is 0 Å². The molecule has 3 aromatic rings. The second kappa shape index (κ2) is 9.32. The Balaban J connectivity index is 1.62. The zero-order valence-corrected chi connectivity index (χ0v) is 19.2. The van der Waals surface area contributed by atoms with Gasteiger partial charge in [0.2, 0.25) is 5.91 Å². The molecule has 0 bridgehead atoms. The van der Waals surface area contributed by atoms with E-state index in [4.69, 9.17) is 0 Å². The van der Waals surface area contributed by atoms with Crippen LogP contribution < -0.4 is 0 Å². The number of thiophene rings is 2. The lowest BCUT2D eigenvalue weighted by Gasteiger charge is -2.37. The highest BCUT2D eigenvalue weighted by Gasteiger charge is 2.34. The summed E-state index contributed by atoms with van der Waals surface area (Å²) >= 11 is 3.08. The van der Waals surface area contributed by atoms with Crippen molar-refractivity contribution in [1.82, 2.24) is 9.80 Å². The van der Waals surface area contributed by atoms with Gasteiger partial charge in [0.25, 0.3) is 5.91 Å². The molecule has 7 heteroatoms. The first-order chi connectivity index (χ1) is 14.9. The van der Waals surface area contributed by atoms with Gasteiger partial charge in [0.15, 0.2) is 0 Å². The van der Waals surface area contributed by atoms with Gasteiger partial charge in [0.1, 0.15) is 12.4 Å². The summed E-state index contributed by atoms with van der Waals surface area (Å²) in [5.41, 5.74) is 1.98. The van der Waals surface area contributed by atoms with E-state index >= 15 is 0 Å². The van der Waals surface area contributed by atoms with E-state index in [1.54, 1.807) is 34.4 Å². The Kier molecular flexibility index (Phi) is 6.53. The van der Waals surface area contributed by atoms with Crippen LogP contribution in [0.3, 0.4) is 0 Å². The number of hydrogen-bond acceptors (Lipinski definition) is 4. The smallest absolute Gasteiger partial charge is 0.264 e. The van der Waals surface area contributed by atoms with Crippen LogP contribution in [0, 0.1) is 11.7 Å². The molecule has 0 saturated carbocycles. The lowest BCUT2D eigenvalue weighted by molar-refractivity contribution is -0.134. The van der Waals surface area contributed by atoms with Crippen LogP contribution in [0.2, 0.25) is 0 Å². The Morgan fingerprint density at radius 3 is 2.58 bits per heavy atom. The summed E-state index contributed by atoms with van der Waals surface area (Å²) in [7, 11) is 0. The quantitative estimate of drug-likeness (QED) is 0.510. The lowest BCUT2D eigenvalue weighted by Crippen LogP contribution is -2.47. The summed E-state index contributed by atoms with van der Waals surface area (Å²) in [5, 5.41) is 3.91. The summed E-state index contributed by atoms with van der Waals surface area (Å²) in [6.45, 7) is 5.21. The summed E-state index contributed by atoms with van der Waals surface area (Å²) < 4.78 is 13.5. The van der Waals surface area contributed by atoms with Crippen molar-refractivity contribution >= 4 is 34.5 Å². The molecular formula is C24H25FN2O2S2. The van der Waals surface area contributed by atoms with Crippen LogP contribution in [-0.4, -0.2) is 41.2 Å². The third kappa shape index (κ3) is 4.72. The molecule has 0 fully saturated rings. The first-order valence-corrected chi connectivity index (χ1v) is 12.1.